The summed E-state index contributed by atoms with van der Waals surface area (Å²) in [4.78, 5) is 30.0. The number of anilines is 1. The number of benzene rings is 4. The number of sulfonamides is 1. The van der Waals surface area contributed by atoms with E-state index in [9.17, 15) is 18.0 Å². The lowest BCUT2D eigenvalue weighted by Crippen LogP contribution is -2.56. The molecule has 0 radical (unpaired) electrons. The van der Waals surface area contributed by atoms with Crippen LogP contribution in [-0.4, -0.2) is 50.4 Å². The number of amides is 2. The van der Waals surface area contributed by atoms with E-state index in [1.807, 2.05) is 64.1 Å². The van der Waals surface area contributed by atoms with Gasteiger partial charge in [-0.25, -0.2) is 8.42 Å². The summed E-state index contributed by atoms with van der Waals surface area (Å²) in [7, 11) is -2.79. The Morgan fingerprint density at radius 1 is 0.915 bits per heavy atom. The van der Waals surface area contributed by atoms with Crippen LogP contribution < -0.4 is 14.4 Å². The van der Waals surface area contributed by atoms with Crippen molar-refractivity contribution < 1.29 is 22.7 Å². The molecule has 2 amide bonds. The average molecular weight is 741 g/mol. The molecular weight excluding hydrogens is 702 g/mol. The molecule has 1 N–H and O–H groups in total. The van der Waals surface area contributed by atoms with Crippen LogP contribution in [0.25, 0.3) is 0 Å². The second kappa shape index (κ2) is 15.4. The Morgan fingerprint density at radius 3 is 2.17 bits per heavy atom. The van der Waals surface area contributed by atoms with E-state index in [4.69, 9.17) is 16.3 Å². The van der Waals surface area contributed by atoms with E-state index >= 15 is 0 Å². The molecule has 0 saturated carbocycles. The Bertz CT molecular complexity index is 1810. The smallest absolute Gasteiger partial charge is 0.264 e. The number of rotatable bonds is 12. The number of methoxy groups -OCH3 is 1. The molecule has 4 aromatic rings. The molecule has 0 saturated heterocycles. The molecule has 11 heteroatoms. The molecule has 0 aliphatic carbocycles. The first-order valence-corrected chi connectivity index (χ1v) is 17.6. The highest BCUT2D eigenvalue weighted by molar-refractivity contribution is 9.10. The largest absolute Gasteiger partial charge is 0.496 e. The maximum Gasteiger partial charge on any atom is 0.264 e. The van der Waals surface area contributed by atoms with E-state index in [1.165, 1.54) is 24.1 Å². The van der Waals surface area contributed by atoms with Crippen molar-refractivity contribution in [2.45, 2.75) is 57.1 Å². The highest BCUT2D eigenvalue weighted by Crippen LogP contribution is 2.31. The maximum absolute atomic E-state index is 14.6. The van der Waals surface area contributed by atoms with Crippen LogP contribution >= 0.6 is 27.5 Å². The molecule has 248 valence electrons. The number of ether oxygens (including phenoxy) is 1. The second-order valence-corrected chi connectivity index (χ2v) is 15.4. The fourth-order valence-corrected chi connectivity index (χ4v) is 7.36. The predicted octanol–water partition coefficient (Wildman–Crippen LogP) is 7.17. The van der Waals surface area contributed by atoms with Crippen molar-refractivity contribution in [1.82, 2.24) is 10.2 Å². The topological polar surface area (TPSA) is 96.0 Å². The van der Waals surface area contributed by atoms with Crippen LogP contribution in [0.4, 0.5) is 5.69 Å². The van der Waals surface area contributed by atoms with Crippen LogP contribution in [0.2, 0.25) is 5.02 Å². The predicted molar refractivity (Wildman–Crippen MR) is 190 cm³/mol. The molecule has 0 spiro atoms. The Labute approximate surface area is 290 Å². The van der Waals surface area contributed by atoms with Gasteiger partial charge in [0.15, 0.2) is 0 Å². The molecule has 0 aliphatic heterocycles. The number of hydrogen-bond acceptors (Lipinski definition) is 5. The highest BCUT2D eigenvalue weighted by atomic mass is 79.9. The van der Waals surface area contributed by atoms with Gasteiger partial charge in [-0.1, -0.05) is 71.8 Å². The van der Waals surface area contributed by atoms with Gasteiger partial charge in [0, 0.05) is 23.5 Å². The van der Waals surface area contributed by atoms with Gasteiger partial charge in [-0.3, -0.25) is 13.9 Å². The van der Waals surface area contributed by atoms with E-state index in [0.29, 0.717) is 26.5 Å². The van der Waals surface area contributed by atoms with Crippen LogP contribution in [-0.2, 0) is 32.6 Å². The Morgan fingerprint density at radius 2 is 1.57 bits per heavy atom. The maximum atomic E-state index is 14.6. The van der Waals surface area contributed by atoms with Gasteiger partial charge in [-0.05, 0) is 97.2 Å². The summed E-state index contributed by atoms with van der Waals surface area (Å²) in [6, 6.07) is 26.8. The molecule has 0 heterocycles. The standard InChI is InChI=1S/C36H39BrClN3O5S/c1-25-14-16-29(17-15-25)41(47(44,45)30-18-19-33(46-5)31(37)22-30)24-34(42)40(23-27-12-9-13-28(38)20-27)32(35(43)39-36(2,3)4)21-26-10-7-6-8-11-26/h6-20,22,32H,21,23-24H2,1-5H3,(H,39,43)/t32-/m0/s1. The van der Waals surface area contributed by atoms with E-state index in [2.05, 4.69) is 21.2 Å². The number of aryl methyl sites for hydroxylation is 1. The van der Waals surface area contributed by atoms with Crippen LogP contribution in [0.1, 0.15) is 37.5 Å². The number of nitrogens with zero attached hydrogens (tertiary/aromatic N) is 2. The summed E-state index contributed by atoms with van der Waals surface area (Å²) >= 11 is 9.71. The quantitative estimate of drug-likeness (QED) is 0.166. The summed E-state index contributed by atoms with van der Waals surface area (Å²) in [5, 5.41) is 3.50. The lowest BCUT2D eigenvalue weighted by atomic mass is 10.0. The van der Waals surface area contributed by atoms with Crippen LogP contribution in [0.5, 0.6) is 5.75 Å². The van der Waals surface area contributed by atoms with Crippen molar-refractivity contribution >= 4 is 55.1 Å². The summed E-state index contributed by atoms with van der Waals surface area (Å²) in [6.45, 7) is 6.95. The molecule has 47 heavy (non-hydrogen) atoms. The van der Waals surface area contributed by atoms with Crippen molar-refractivity contribution in [3.05, 3.63) is 123 Å². The van der Waals surface area contributed by atoms with Crippen molar-refractivity contribution in [2.75, 3.05) is 18.0 Å². The minimum Gasteiger partial charge on any atom is -0.496 e. The lowest BCUT2D eigenvalue weighted by Gasteiger charge is -2.35. The van der Waals surface area contributed by atoms with E-state index in [1.54, 1.807) is 48.5 Å². The SMILES string of the molecule is COc1ccc(S(=O)(=O)N(CC(=O)N(Cc2cccc(Cl)c2)[C@@H](Cc2ccccc2)C(=O)NC(C)(C)C)c2ccc(C)cc2)cc1Br. The van der Waals surface area contributed by atoms with E-state index in [-0.39, 0.29) is 23.8 Å². The summed E-state index contributed by atoms with van der Waals surface area (Å²) < 4.78 is 35.4. The molecule has 0 fully saturated rings. The van der Waals surface area contributed by atoms with Crippen LogP contribution in [0, 0.1) is 6.92 Å². The van der Waals surface area contributed by atoms with Gasteiger partial charge in [-0.15, -0.1) is 0 Å². The van der Waals surface area contributed by atoms with Crippen molar-refractivity contribution in [2.24, 2.45) is 0 Å². The summed E-state index contributed by atoms with van der Waals surface area (Å²) in [6.07, 6.45) is 0.206. The molecular formula is C36H39BrClN3O5S. The number of hydrogen-bond donors (Lipinski definition) is 1. The zero-order chi connectivity index (χ0) is 34.4. The van der Waals surface area contributed by atoms with Gasteiger partial charge in [0.05, 0.1) is 22.2 Å². The third-order valence-electron chi connectivity index (χ3n) is 7.32. The first-order valence-electron chi connectivity index (χ1n) is 15.0. The highest BCUT2D eigenvalue weighted by Gasteiger charge is 2.36. The zero-order valence-electron chi connectivity index (χ0n) is 27.0. The van der Waals surface area contributed by atoms with Gasteiger partial charge in [0.25, 0.3) is 10.0 Å². The summed E-state index contributed by atoms with van der Waals surface area (Å²) in [5.74, 6) is -0.463. The molecule has 0 aromatic heterocycles. The van der Waals surface area contributed by atoms with Gasteiger partial charge in [0.1, 0.15) is 18.3 Å². The number of carbonyl (C=O) groups is 2. The third-order valence-corrected chi connectivity index (χ3v) is 9.95. The fourth-order valence-electron chi connectivity index (χ4n) is 5.01. The van der Waals surface area contributed by atoms with Crippen molar-refractivity contribution in [3.8, 4) is 5.75 Å². The Kier molecular flexibility index (Phi) is 11.8. The van der Waals surface area contributed by atoms with Gasteiger partial charge in [0.2, 0.25) is 11.8 Å². The monoisotopic (exact) mass is 739 g/mol. The normalized spacial score (nSPS) is 12.2. The van der Waals surface area contributed by atoms with E-state index in [0.717, 1.165) is 15.4 Å². The molecule has 4 rings (SSSR count). The molecule has 0 aliphatic rings. The zero-order valence-corrected chi connectivity index (χ0v) is 30.2. The Hall–Kier alpha value is -3.86. The van der Waals surface area contributed by atoms with Crippen LogP contribution in [0.3, 0.4) is 0 Å². The summed E-state index contributed by atoms with van der Waals surface area (Å²) in [5.41, 5.74) is 2.18. The minimum absolute atomic E-state index is 0.0182. The minimum atomic E-state index is -4.28. The van der Waals surface area contributed by atoms with Gasteiger partial charge in [-0.2, -0.15) is 0 Å². The van der Waals surface area contributed by atoms with Crippen molar-refractivity contribution in [3.63, 3.8) is 0 Å². The van der Waals surface area contributed by atoms with Gasteiger partial charge >= 0.3 is 0 Å². The van der Waals surface area contributed by atoms with Crippen molar-refractivity contribution in [1.29, 1.82) is 0 Å². The van der Waals surface area contributed by atoms with Crippen LogP contribution in [0.15, 0.2) is 106 Å². The second-order valence-electron chi connectivity index (χ2n) is 12.2. The lowest BCUT2D eigenvalue weighted by molar-refractivity contribution is -0.140. The van der Waals surface area contributed by atoms with Gasteiger partial charge < -0.3 is 15.0 Å². The molecule has 1 atom stereocenters. The number of halogens is 2. The number of carbonyl (C=O) groups excluding carboxylic acids is 2. The fraction of sp³-hybridized carbons (Fsp3) is 0.278. The average Bonchev–Trinajstić information content (AvgIpc) is 3.01. The molecule has 8 nitrogen and oxygen atoms in total. The first-order chi connectivity index (χ1) is 22.2. The van der Waals surface area contributed by atoms with E-state index < -0.39 is 34.1 Å². The molecule has 0 unspecified atom stereocenters. The Balaban J connectivity index is 1.83. The first kappa shape index (κ1) is 36.0. The third kappa shape index (κ3) is 9.59. The number of nitrogens with one attached hydrogen (secondary N) is 1. The molecule has 0 bridgehead atoms. The molecule has 4 aromatic carbocycles.